The molecule has 5 nitrogen and oxygen atoms in total. The van der Waals surface area contributed by atoms with E-state index in [0.29, 0.717) is 31.3 Å². The number of benzene rings is 1. The zero-order valence-corrected chi connectivity index (χ0v) is 13.7. The second-order valence-corrected chi connectivity index (χ2v) is 6.04. The molecule has 1 saturated heterocycles. The number of Topliss-reactive ketones (excluding diaryl/α,β-unsaturated/α-hetero) is 1. The van der Waals surface area contributed by atoms with Crippen LogP contribution in [0.4, 0.5) is 0 Å². The Labute approximate surface area is 131 Å². The summed E-state index contributed by atoms with van der Waals surface area (Å²) in [7, 11) is 3.25. The SMILES string of the molecule is COCCCOc1cc(C2OCC(C)(C)C2=O)ccc1OC. The molecule has 1 heterocycles. The van der Waals surface area contributed by atoms with Crippen molar-refractivity contribution in [3.05, 3.63) is 23.8 Å². The molecule has 0 saturated carbocycles. The Morgan fingerprint density at radius 2 is 2.00 bits per heavy atom. The molecule has 1 aromatic carbocycles. The summed E-state index contributed by atoms with van der Waals surface area (Å²) < 4.78 is 21.7. The molecule has 1 atom stereocenters. The van der Waals surface area contributed by atoms with Gasteiger partial charge in [-0.3, -0.25) is 4.79 Å². The van der Waals surface area contributed by atoms with Gasteiger partial charge in [0.05, 0.1) is 20.3 Å². The molecule has 1 aliphatic rings. The second kappa shape index (κ2) is 7.11. The third-order valence-electron chi connectivity index (χ3n) is 3.76. The van der Waals surface area contributed by atoms with E-state index < -0.39 is 11.5 Å². The lowest BCUT2D eigenvalue weighted by molar-refractivity contribution is -0.127. The molecule has 0 radical (unpaired) electrons. The molecule has 1 unspecified atom stereocenters. The van der Waals surface area contributed by atoms with Gasteiger partial charge in [-0.15, -0.1) is 0 Å². The lowest BCUT2D eigenvalue weighted by atomic mass is 9.87. The largest absolute Gasteiger partial charge is 0.493 e. The molecule has 1 fully saturated rings. The number of methoxy groups -OCH3 is 2. The summed E-state index contributed by atoms with van der Waals surface area (Å²) in [5, 5.41) is 0. The van der Waals surface area contributed by atoms with E-state index in [9.17, 15) is 4.79 Å². The van der Waals surface area contributed by atoms with Crippen molar-refractivity contribution in [2.45, 2.75) is 26.4 Å². The monoisotopic (exact) mass is 308 g/mol. The van der Waals surface area contributed by atoms with Crippen LogP contribution in [0.15, 0.2) is 18.2 Å². The molecule has 0 spiro atoms. The molecular formula is C17H24O5. The quantitative estimate of drug-likeness (QED) is 0.725. The summed E-state index contributed by atoms with van der Waals surface area (Å²) in [5.74, 6) is 1.37. The van der Waals surface area contributed by atoms with Crippen molar-refractivity contribution in [3.8, 4) is 11.5 Å². The number of hydrogen-bond donors (Lipinski definition) is 0. The minimum atomic E-state index is -0.526. The molecule has 22 heavy (non-hydrogen) atoms. The lowest BCUT2D eigenvalue weighted by Gasteiger charge is -2.16. The van der Waals surface area contributed by atoms with Crippen molar-refractivity contribution in [3.63, 3.8) is 0 Å². The van der Waals surface area contributed by atoms with E-state index in [1.165, 1.54) is 0 Å². The van der Waals surface area contributed by atoms with Gasteiger partial charge in [0, 0.05) is 25.6 Å². The Morgan fingerprint density at radius 1 is 1.23 bits per heavy atom. The molecule has 0 amide bonds. The molecule has 5 heteroatoms. The molecule has 1 aromatic rings. The van der Waals surface area contributed by atoms with Crippen LogP contribution in [0.2, 0.25) is 0 Å². The average molecular weight is 308 g/mol. The minimum Gasteiger partial charge on any atom is -0.493 e. The van der Waals surface area contributed by atoms with Gasteiger partial charge in [0.25, 0.3) is 0 Å². The molecule has 0 aliphatic carbocycles. The predicted molar refractivity (Wildman–Crippen MR) is 82.5 cm³/mol. The van der Waals surface area contributed by atoms with Gasteiger partial charge in [-0.05, 0) is 17.7 Å². The van der Waals surface area contributed by atoms with E-state index in [0.717, 1.165) is 12.0 Å². The molecule has 1 aliphatic heterocycles. The fourth-order valence-corrected chi connectivity index (χ4v) is 2.40. The van der Waals surface area contributed by atoms with Crippen LogP contribution < -0.4 is 9.47 Å². The van der Waals surface area contributed by atoms with Crippen LogP contribution in [-0.4, -0.2) is 39.8 Å². The van der Waals surface area contributed by atoms with Crippen LogP contribution in [0.1, 0.15) is 31.9 Å². The highest BCUT2D eigenvalue weighted by Gasteiger charge is 2.42. The highest BCUT2D eigenvalue weighted by Crippen LogP contribution is 2.39. The smallest absolute Gasteiger partial charge is 0.173 e. The van der Waals surface area contributed by atoms with E-state index in [2.05, 4.69) is 0 Å². The number of carbonyl (C=O) groups is 1. The Morgan fingerprint density at radius 3 is 2.59 bits per heavy atom. The Balaban J connectivity index is 2.15. The minimum absolute atomic E-state index is 0.1000. The van der Waals surface area contributed by atoms with Crippen molar-refractivity contribution >= 4 is 5.78 Å². The lowest BCUT2D eigenvalue weighted by Crippen LogP contribution is -2.22. The number of ketones is 1. The standard InChI is InChI=1S/C17H24O5/c1-17(2)11-22-15(16(17)18)12-6-7-13(20-4)14(10-12)21-9-5-8-19-3/h6-7,10,15H,5,8-9,11H2,1-4H3. The van der Waals surface area contributed by atoms with E-state index in [4.69, 9.17) is 18.9 Å². The summed E-state index contributed by atoms with van der Waals surface area (Å²) in [6.07, 6.45) is 0.262. The van der Waals surface area contributed by atoms with Gasteiger partial charge in [-0.1, -0.05) is 19.9 Å². The summed E-state index contributed by atoms with van der Waals surface area (Å²) in [6, 6.07) is 5.49. The zero-order valence-electron chi connectivity index (χ0n) is 13.7. The van der Waals surface area contributed by atoms with Crippen LogP contribution in [0.3, 0.4) is 0 Å². The van der Waals surface area contributed by atoms with Crippen LogP contribution >= 0.6 is 0 Å². The van der Waals surface area contributed by atoms with Gasteiger partial charge in [0.15, 0.2) is 17.3 Å². The number of hydrogen-bond acceptors (Lipinski definition) is 5. The molecule has 122 valence electrons. The predicted octanol–water partition coefficient (Wildman–Crippen LogP) is 2.78. The van der Waals surface area contributed by atoms with Gasteiger partial charge in [-0.25, -0.2) is 0 Å². The normalized spacial score (nSPS) is 20.2. The van der Waals surface area contributed by atoms with Crippen molar-refractivity contribution in [1.29, 1.82) is 0 Å². The van der Waals surface area contributed by atoms with Crippen molar-refractivity contribution in [2.24, 2.45) is 5.41 Å². The van der Waals surface area contributed by atoms with Gasteiger partial charge in [0.1, 0.15) is 6.10 Å². The Bertz CT molecular complexity index is 524. The fraction of sp³-hybridized carbons (Fsp3) is 0.588. The molecular weight excluding hydrogens is 284 g/mol. The Kier molecular flexibility index (Phi) is 5.42. The summed E-state index contributed by atoms with van der Waals surface area (Å²) >= 11 is 0. The maximum atomic E-state index is 12.4. The maximum absolute atomic E-state index is 12.4. The molecule has 0 bridgehead atoms. The van der Waals surface area contributed by atoms with Gasteiger partial charge < -0.3 is 18.9 Å². The first-order chi connectivity index (χ1) is 10.5. The number of carbonyl (C=O) groups excluding carboxylic acids is 1. The first-order valence-electron chi connectivity index (χ1n) is 7.45. The van der Waals surface area contributed by atoms with E-state index >= 15 is 0 Å². The van der Waals surface area contributed by atoms with E-state index in [1.54, 1.807) is 14.2 Å². The molecule has 0 N–H and O–H groups in total. The van der Waals surface area contributed by atoms with Gasteiger partial charge in [-0.2, -0.15) is 0 Å². The summed E-state index contributed by atoms with van der Waals surface area (Å²) in [6.45, 7) is 5.41. The van der Waals surface area contributed by atoms with Crippen molar-refractivity contribution < 1.29 is 23.7 Å². The molecule has 2 rings (SSSR count). The summed E-state index contributed by atoms with van der Waals surface area (Å²) in [5.41, 5.74) is 0.363. The number of rotatable bonds is 7. The molecule has 0 aromatic heterocycles. The van der Waals surface area contributed by atoms with Gasteiger partial charge in [0.2, 0.25) is 0 Å². The topological polar surface area (TPSA) is 54.0 Å². The maximum Gasteiger partial charge on any atom is 0.173 e. The van der Waals surface area contributed by atoms with Crippen molar-refractivity contribution in [2.75, 3.05) is 34.0 Å². The second-order valence-electron chi connectivity index (χ2n) is 6.04. The first-order valence-corrected chi connectivity index (χ1v) is 7.45. The Hall–Kier alpha value is -1.59. The third-order valence-corrected chi connectivity index (χ3v) is 3.76. The van der Waals surface area contributed by atoms with E-state index in [1.807, 2.05) is 32.0 Å². The van der Waals surface area contributed by atoms with Crippen LogP contribution in [0.5, 0.6) is 11.5 Å². The zero-order chi connectivity index (χ0) is 16.2. The van der Waals surface area contributed by atoms with Crippen molar-refractivity contribution in [1.82, 2.24) is 0 Å². The van der Waals surface area contributed by atoms with Crippen LogP contribution in [-0.2, 0) is 14.3 Å². The number of ether oxygens (including phenoxy) is 4. The summed E-state index contributed by atoms with van der Waals surface area (Å²) in [4.78, 5) is 12.4. The fourth-order valence-electron chi connectivity index (χ4n) is 2.40. The first kappa shape index (κ1) is 16.8. The highest BCUT2D eigenvalue weighted by atomic mass is 16.5. The highest BCUT2D eigenvalue weighted by molar-refractivity contribution is 5.91. The van der Waals surface area contributed by atoms with Crippen LogP contribution in [0.25, 0.3) is 0 Å². The average Bonchev–Trinajstić information content (AvgIpc) is 2.78. The van der Waals surface area contributed by atoms with Crippen LogP contribution in [0, 0.1) is 5.41 Å². The van der Waals surface area contributed by atoms with Gasteiger partial charge >= 0.3 is 0 Å². The van der Waals surface area contributed by atoms with E-state index in [-0.39, 0.29) is 5.78 Å². The third kappa shape index (κ3) is 3.59.